The highest BCUT2D eigenvalue weighted by molar-refractivity contribution is 5.95. The van der Waals surface area contributed by atoms with Gasteiger partial charge in [-0.05, 0) is 12.3 Å². The fourth-order valence-corrected chi connectivity index (χ4v) is 1.95. The molecule has 0 aromatic heterocycles. The molecule has 0 aliphatic carbocycles. The van der Waals surface area contributed by atoms with Crippen molar-refractivity contribution in [3.05, 3.63) is 0 Å². The minimum atomic E-state index is -0.431. The Labute approximate surface area is 120 Å². The summed E-state index contributed by atoms with van der Waals surface area (Å²) >= 11 is 0. The van der Waals surface area contributed by atoms with Crippen molar-refractivity contribution in [2.75, 3.05) is 39.3 Å². The van der Waals surface area contributed by atoms with E-state index in [1.807, 2.05) is 4.90 Å². The van der Waals surface area contributed by atoms with Crippen LogP contribution in [0.25, 0.3) is 0 Å². The predicted molar refractivity (Wildman–Crippen MR) is 76.2 cm³/mol. The van der Waals surface area contributed by atoms with E-state index >= 15 is 0 Å². The van der Waals surface area contributed by atoms with Gasteiger partial charge in [0, 0.05) is 26.2 Å². The van der Waals surface area contributed by atoms with Gasteiger partial charge < -0.3 is 15.8 Å². The van der Waals surface area contributed by atoms with E-state index in [1.165, 1.54) is 0 Å². The number of imide groups is 1. The van der Waals surface area contributed by atoms with E-state index in [-0.39, 0.29) is 18.6 Å². The highest BCUT2D eigenvalue weighted by Gasteiger charge is 2.21. The quantitative estimate of drug-likeness (QED) is 0.613. The zero-order chi connectivity index (χ0) is 15.0. The van der Waals surface area contributed by atoms with Gasteiger partial charge in [0.1, 0.15) is 0 Å². The molecule has 7 nitrogen and oxygen atoms in total. The highest BCUT2D eigenvalue weighted by Crippen LogP contribution is 2.03. The number of nitrogens with one attached hydrogen (secondary N) is 2. The van der Waals surface area contributed by atoms with E-state index in [1.54, 1.807) is 0 Å². The number of carbonyl (C=O) groups is 2. The molecule has 1 atom stereocenters. The third-order valence-corrected chi connectivity index (χ3v) is 3.11. The Kier molecular flexibility index (Phi) is 7.50. The number of amides is 3. The van der Waals surface area contributed by atoms with Crippen molar-refractivity contribution in [2.45, 2.75) is 26.4 Å². The van der Waals surface area contributed by atoms with Crippen LogP contribution in [0.5, 0.6) is 0 Å². The van der Waals surface area contributed by atoms with Gasteiger partial charge in [-0.15, -0.1) is 0 Å². The number of nitrogens with zero attached hydrogens (tertiary/aromatic N) is 1. The van der Waals surface area contributed by atoms with Crippen molar-refractivity contribution in [3.63, 3.8) is 0 Å². The lowest BCUT2D eigenvalue weighted by Gasteiger charge is -2.31. The Morgan fingerprint density at radius 3 is 2.85 bits per heavy atom. The molecular formula is C13H26N4O3. The number of rotatable bonds is 6. The van der Waals surface area contributed by atoms with Crippen LogP contribution in [0.1, 0.15) is 20.3 Å². The SMILES string of the molecule is CC(C)CCNC(=O)NC(=O)CN1CCOC(CN)C1. The van der Waals surface area contributed by atoms with Crippen LogP contribution >= 0.6 is 0 Å². The molecule has 116 valence electrons. The van der Waals surface area contributed by atoms with Crippen LogP contribution in [0.2, 0.25) is 0 Å². The minimum Gasteiger partial charge on any atom is -0.374 e. The highest BCUT2D eigenvalue weighted by atomic mass is 16.5. The number of ether oxygens (including phenoxy) is 1. The van der Waals surface area contributed by atoms with Crippen molar-refractivity contribution in [2.24, 2.45) is 11.7 Å². The summed E-state index contributed by atoms with van der Waals surface area (Å²) in [4.78, 5) is 25.2. The zero-order valence-corrected chi connectivity index (χ0v) is 12.4. The number of morpholine rings is 1. The molecule has 1 heterocycles. The molecule has 0 aromatic rings. The third-order valence-electron chi connectivity index (χ3n) is 3.11. The van der Waals surface area contributed by atoms with Gasteiger partial charge in [0.15, 0.2) is 0 Å². The second-order valence-corrected chi connectivity index (χ2v) is 5.45. The van der Waals surface area contributed by atoms with Crippen molar-refractivity contribution < 1.29 is 14.3 Å². The van der Waals surface area contributed by atoms with E-state index in [4.69, 9.17) is 10.5 Å². The van der Waals surface area contributed by atoms with Gasteiger partial charge in [0.05, 0.1) is 19.3 Å². The summed E-state index contributed by atoms with van der Waals surface area (Å²) in [5, 5.41) is 5.00. The molecular weight excluding hydrogens is 260 g/mol. The second-order valence-electron chi connectivity index (χ2n) is 5.45. The fraction of sp³-hybridized carbons (Fsp3) is 0.846. The van der Waals surface area contributed by atoms with Crippen LogP contribution in [-0.4, -0.2) is 62.3 Å². The van der Waals surface area contributed by atoms with E-state index < -0.39 is 6.03 Å². The van der Waals surface area contributed by atoms with E-state index in [0.29, 0.717) is 38.7 Å². The molecule has 0 aromatic carbocycles. The van der Waals surface area contributed by atoms with Crippen molar-refractivity contribution in [1.29, 1.82) is 0 Å². The monoisotopic (exact) mass is 286 g/mol. The van der Waals surface area contributed by atoms with Crippen molar-refractivity contribution >= 4 is 11.9 Å². The number of urea groups is 1. The molecule has 1 fully saturated rings. The van der Waals surface area contributed by atoms with E-state index in [2.05, 4.69) is 24.5 Å². The molecule has 20 heavy (non-hydrogen) atoms. The average molecular weight is 286 g/mol. The number of carbonyl (C=O) groups excluding carboxylic acids is 2. The molecule has 0 spiro atoms. The predicted octanol–water partition coefficient (Wildman–Crippen LogP) is -0.482. The summed E-state index contributed by atoms with van der Waals surface area (Å²) in [6.45, 7) is 7.23. The lowest BCUT2D eigenvalue weighted by Crippen LogP contribution is -2.50. The summed E-state index contributed by atoms with van der Waals surface area (Å²) in [5.41, 5.74) is 5.54. The average Bonchev–Trinajstić information content (AvgIpc) is 2.38. The smallest absolute Gasteiger partial charge is 0.321 e. The van der Waals surface area contributed by atoms with Crippen molar-refractivity contribution in [1.82, 2.24) is 15.5 Å². The lowest BCUT2D eigenvalue weighted by atomic mass is 10.1. The Bertz CT molecular complexity index is 323. The van der Waals surface area contributed by atoms with Gasteiger partial charge in [0.2, 0.25) is 5.91 Å². The molecule has 7 heteroatoms. The summed E-state index contributed by atoms with van der Waals surface area (Å²) in [6.07, 6.45) is 0.861. The second kappa shape index (κ2) is 8.89. The fourth-order valence-electron chi connectivity index (χ4n) is 1.95. The maximum atomic E-state index is 11.7. The first-order chi connectivity index (χ1) is 9.51. The van der Waals surface area contributed by atoms with E-state index in [9.17, 15) is 9.59 Å². The first-order valence-electron chi connectivity index (χ1n) is 7.13. The summed E-state index contributed by atoms with van der Waals surface area (Å²) in [7, 11) is 0. The molecule has 1 unspecified atom stereocenters. The Hall–Kier alpha value is -1.18. The van der Waals surface area contributed by atoms with Crippen molar-refractivity contribution in [3.8, 4) is 0 Å². The number of nitrogens with two attached hydrogens (primary N) is 1. The standard InChI is InChI=1S/C13H26N4O3/c1-10(2)3-4-15-13(19)16-12(18)9-17-5-6-20-11(7-14)8-17/h10-11H,3-9,14H2,1-2H3,(H2,15,16,18,19). The molecule has 1 aliphatic rings. The van der Waals surface area contributed by atoms with Gasteiger partial charge in [-0.3, -0.25) is 15.0 Å². The van der Waals surface area contributed by atoms with Crippen LogP contribution in [0, 0.1) is 5.92 Å². The molecule has 1 rings (SSSR count). The molecule has 1 saturated heterocycles. The van der Waals surface area contributed by atoms with Gasteiger partial charge >= 0.3 is 6.03 Å². The van der Waals surface area contributed by atoms with Crippen LogP contribution in [0.4, 0.5) is 4.79 Å². The third kappa shape index (κ3) is 6.83. The number of hydrogen-bond donors (Lipinski definition) is 3. The summed E-state index contributed by atoms with van der Waals surface area (Å²) in [6, 6.07) is -0.431. The van der Waals surface area contributed by atoms with Crippen LogP contribution in [-0.2, 0) is 9.53 Å². The van der Waals surface area contributed by atoms with Gasteiger partial charge in [-0.1, -0.05) is 13.8 Å². The van der Waals surface area contributed by atoms with Gasteiger partial charge in [-0.25, -0.2) is 4.79 Å². The largest absolute Gasteiger partial charge is 0.374 e. The Balaban J connectivity index is 2.20. The van der Waals surface area contributed by atoms with Crippen LogP contribution < -0.4 is 16.4 Å². The number of hydrogen-bond acceptors (Lipinski definition) is 5. The molecule has 0 saturated carbocycles. The molecule has 0 radical (unpaired) electrons. The maximum absolute atomic E-state index is 11.7. The molecule has 4 N–H and O–H groups in total. The molecule has 1 aliphatic heterocycles. The maximum Gasteiger partial charge on any atom is 0.321 e. The lowest BCUT2D eigenvalue weighted by molar-refractivity contribution is -0.123. The Morgan fingerprint density at radius 1 is 1.45 bits per heavy atom. The normalized spacial score (nSPS) is 19.9. The molecule has 0 bridgehead atoms. The Morgan fingerprint density at radius 2 is 2.20 bits per heavy atom. The first-order valence-corrected chi connectivity index (χ1v) is 7.13. The van der Waals surface area contributed by atoms with Crippen LogP contribution in [0.15, 0.2) is 0 Å². The van der Waals surface area contributed by atoms with E-state index in [0.717, 1.165) is 6.42 Å². The molecule has 3 amide bonds. The summed E-state index contributed by atoms with van der Waals surface area (Å²) < 4.78 is 5.42. The topological polar surface area (TPSA) is 96.7 Å². The summed E-state index contributed by atoms with van der Waals surface area (Å²) in [5.74, 6) is 0.220. The minimum absolute atomic E-state index is 0.0311. The zero-order valence-electron chi connectivity index (χ0n) is 12.4. The van der Waals surface area contributed by atoms with Gasteiger partial charge in [0.25, 0.3) is 0 Å². The first kappa shape index (κ1) is 16.9. The van der Waals surface area contributed by atoms with Crippen LogP contribution in [0.3, 0.4) is 0 Å². The van der Waals surface area contributed by atoms with Gasteiger partial charge in [-0.2, -0.15) is 0 Å².